The largest absolute Gasteiger partial charge is 1.00 e. The normalized spacial score (nSPS) is 5.33. The molecule has 56 valence electrons. The van der Waals surface area contributed by atoms with E-state index < -0.39 is 0 Å². The van der Waals surface area contributed by atoms with Crippen molar-refractivity contribution in [3.63, 3.8) is 0 Å². The van der Waals surface area contributed by atoms with Crippen LogP contribution in [-0.4, -0.2) is 11.0 Å². The maximum atomic E-state index is 2.89. The van der Waals surface area contributed by atoms with Crippen molar-refractivity contribution in [2.24, 2.45) is 0 Å². The summed E-state index contributed by atoms with van der Waals surface area (Å²) in [6.07, 6.45) is 0. The Bertz CT molecular complexity index is 83.0. The summed E-state index contributed by atoms with van der Waals surface area (Å²) in [7, 11) is 0. The summed E-state index contributed by atoms with van der Waals surface area (Å²) in [4.78, 5) is 0. The van der Waals surface area contributed by atoms with Crippen LogP contribution in [0.4, 0.5) is 0 Å². The summed E-state index contributed by atoms with van der Waals surface area (Å²) in [5, 5.41) is 0. The number of hydrogen-bond donors (Lipinski definition) is 0. The quantitative estimate of drug-likeness (QED) is 0.431. The fraction of sp³-hybridized carbons (Fsp3) is 0. The van der Waals surface area contributed by atoms with Crippen LogP contribution in [-0.2, 0) is 22.4 Å². The molecule has 9 heavy (non-hydrogen) atoms. The van der Waals surface area contributed by atoms with E-state index in [1.807, 2.05) is 30.3 Å². The van der Waals surface area contributed by atoms with Crippen molar-refractivity contribution < 1.29 is 33.3 Å². The van der Waals surface area contributed by atoms with Crippen molar-refractivity contribution in [2.45, 2.75) is 0 Å². The smallest absolute Gasteiger partial charge is 0.412 e. The minimum absolute atomic E-state index is 0. The summed E-state index contributed by atoms with van der Waals surface area (Å²) < 4.78 is 0. The number of hydrogen-bond acceptors (Lipinski definition) is 0. The van der Waals surface area contributed by atoms with E-state index in [-0.39, 0.29) is 33.3 Å². The molecule has 0 saturated heterocycles. The molecule has 1 aromatic rings. The van der Waals surface area contributed by atoms with Crippen LogP contribution in [0, 0.1) is 6.07 Å². The molecule has 0 heterocycles. The van der Waals surface area contributed by atoms with Gasteiger partial charge in [0.25, 0.3) is 0 Å². The first-order valence-corrected chi connectivity index (χ1v) is 1.91. The summed E-state index contributed by atoms with van der Waals surface area (Å²) >= 11 is 0. The molecule has 0 atom stereocenters. The molecule has 0 radical (unpaired) electrons. The van der Waals surface area contributed by atoms with Crippen molar-refractivity contribution in [1.29, 1.82) is 0 Å². The van der Waals surface area contributed by atoms with Gasteiger partial charge in [-0.3, -0.25) is 0 Å². The molecule has 0 fully saturated rings. The topological polar surface area (TPSA) is 63.0 Å². The SMILES string of the molecule is O.O.[Ag+].[c-]1ccccc1. The zero-order valence-electron chi connectivity index (χ0n) is 4.69. The van der Waals surface area contributed by atoms with Crippen LogP contribution < -0.4 is 0 Å². The molecule has 0 bridgehead atoms. The molecule has 0 unspecified atom stereocenters. The second-order valence-corrected chi connectivity index (χ2v) is 1.08. The summed E-state index contributed by atoms with van der Waals surface area (Å²) in [6.45, 7) is 0. The van der Waals surface area contributed by atoms with E-state index in [4.69, 9.17) is 0 Å². The van der Waals surface area contributed by atoms with Gasteiger partial charge in [-0.1, -0.05) is 0 Å². The average molecular weight is 221 g/mol. The summed E-state index contributed by atoms with van der Waals surface area (Å²) in [5.74, 6) is 0. The van der Waals surface area contributed by atoms with Gasteiger partial charge in [-0.2, -0.15) is 36.4 Å². The van der Waals surface area contributed by atoms with Crippen molar-refractivity contribution in [2.75, 3.05) is 0 Å². The van der Waals surface area contributed by atoms with Crippen LogP contribution in [0.25, 0.3) is 0 Å². The van der Waals surface area contributed by atoms with E-state index in [1.165, 1.54) is 0 Å². The maximum Gasteiger partial charge on any atom is 1.00 e. The maximum absolute atomic E-state index is 2.89. The Kier molecular flexibility index (Phi) is 19.1. The minimum Gasteiger partial charge on any atom is -0.412 e. The number of benzene rings is 1. The van der Waals surface area contributed by atoms with Crippen LogP contribution in [0.15, 0.2) is 30.3 Å². The van der Waals surface area contributed by atoms with Crippen LogP contribution in [0.5, 0.6) is 0 Å². The predicted octanol–water partition coefficient (Wildman–Crippen LogP) is -0.165. The Morgan fingerprint density at radius 3 is 1.33 bits per heavy atom. The third-order valence-electron chi connectivity index (χ3n) is 0.607. The van der Waals surface area contributed by atoms with Gasteiger partial charge < -0.3 is 11.0 Å². The first-order valence-electron chi connectivity index (χ1n) is 1.91. The zero-order valence-corrected chi connectivity index (χ0v) is 6.17. The standard InChI is InChI=1S/C6H5.Ag.2H2O/c1-2-4-6-5-3-1;;;/h1-5H;;2*1H2/q-1;+1;;. The molecule has 2 nitrogen and oxygen atoms in total. The van der Waals surface area contributed by atoms with Gasteiger partial charge in [0.1, 0.15) is 0 Å². The average Bonchev–Trinajstić information content (AvgIpc) is 1.72. The fourth-order valence-corrected chi connectivity index (χ4v) is 0.342. The molecule has 1 aromatic carbocycles. The molecule has 0 aliphatic rings. The molecule has 0 aliphatic carbocycles. The van der Waals surface area contributed by atoms with E-state index >= 15 is 0 Å². The fourth-order valence-electron chi connectivity index (χ4n) is 0.342. The van der Waals surface area contributed by atoms with Gasteiger partial charge in [0, 0.05) is 0 Å². The molecule has 0 amide bonds. The molecule has 0 spiro atoms. The second kappa shape index (κ2) is 10.8. The first kappa shape index (κ1) is 15.9. The molecule has 1 rings (SSSR count). The van der Waals surface area contributed by atoms with Gasteiger partial charge in [-0.15, -0.1) is 0 Å². The van der Waals surface area contributed by atoms with Crippen LogP contribution >= 0.6 is 0 Å². The zero-order chi connectivity index (χ0) is 4.24. The van der Waals surface area contributed by atoms with E-state index in [2.05, 4.69) is 6.07 Å². The van der Waals surface area contributed by atoms with Gasteiger partial charge in [-0.25, -0.2) is 0 Å². The monoisotopic (exact) mass is 220 g/mol. The van der Waals surface area contributed by atoms with E-state index in [1.54, 1.807) is 0 Å². The predicted molar refractivity (Wildman–Crippen MR) is 32.5 cm³/mol. The third kappa shape index (κ3) is 7.88. The Morgan fingerprint density at radius 2 is 1.22 bits per heavy atom. The molecule has 0 saturated carbocycles. The Morgan fingerprint density at radius 1 is 0.778 bits per heavy atom. The van der Waals surface area contributed by atoms with Gasteiger partial charge in [0.2, 0.25) is 0 Å². The molecular formula is C6H9AgO2. The molecule has 4 N–H and O–H groups in total. The van der Waals surface area contributed by atoms with E-state index in [0.29, 0.717) is 0 Å². The molecule has 0 aliphatic heterocycles. The van der Waals surface area contributed by atoms with E-state index in [0.717, 1.165) is 0 Å². The summed E-state index contributed by atoms with van der Waals surface area (Å²) in [5.41, 5.74) is 0. The van der Waals surface area contributed by atoms with Gasteiger partial charge >= 0.3 is 22.4 Å². The number of rotatable bonds is 0. The van der Waals surface area contributed by atoms with Gasteiger partial charge in [-0.05, 0) is 0 Å². The second-order valence-electron chi connectivity index (χ2n) is 1.08. The van der Waals surface area contributed by atoms with Gasteiger partial charge in [0.05, 0.1) is 0 Å². The Labute approximate surface area is 70.0 Å². The van der Waals surface area contributed by atoms with Crippen LogP contribution in [0.2, 0.25) is 0 Å². The minimum atomic E-state index is 0. The van der Waals surface area contributed by atoms with E-state index in [9.17, 15) is 0 Å². The Balaban J connectivity index is -0.000000120. The van der Waals surface area contributed by atoms with Crippen LogP contribution in [0.3, 0.4) is 0 Å². The first-order chi connectivity index (χ1) is 3.00. The van der Waals surface area contributed by atoms with Crippen molar-refractivity contribution in [1.82, 2.24) is 0 Å². The van der Waals surface area contributed by atoms with Crippen molar-refractivity contribution >= 4 is 0 Å². The molecular weight excluding hydrogens is 212 g/mol. The third-order valence-corrected chi connectivity index (χ3v) is 0.607. The molecule has 3 heteroatoms. The van der Waals surface area contributed by atoms with Crippen LogP contribution in [0.1, 0.15) is 0 Å². The summed E-state index contributed by atoms with van der Waals surface area (Å²) in [6, 6.07) is 12.5. The van der Waals surface area contributed by atoms with Crippen molar-refractivity contribution in [3.8, 4) is 0 Å². The Hall–Kier alpha value is -0.120. The van der Waals surface area contributed by atoms with Gasteiger partial charge in [0.15, 0.2) is 0 Å². The molecule has 0 aromatic heterocycles. The van der Waals surface area contributed by atoms with Crippen molar-refractivity contribution in [3.05, 3.63) is 36.4 Å².